The molecule has 40 heavy (non-hydrogen) atoms. The Morgan fingerprint density at radius 3 is 1.35 bits per heavy atom. The van der Waals surface area contributed by atoms with Crippen molar-refractivity contribution in [2.24, 2.45) is 5.92 Å². The Kier molecular flexibility index (Phi) is 11.0. The normalized spacial score (nSPS) is 14.3. The number of unbranched alkanes of at least 4 members (excludes halogenated alkanes) is 1. The molecule has 0 radical (unpaired) electrons. The third kappa shape index (κ3) is 9.49. The Hall–Kier alpha value is -1.57. The van der Waals surface area contributed by atoms with Crippen molar-refractivity contribution in [3.8, 4) is 11.5 Å². The molecule has 0 aliphatic carbocycles. The van der Waals surface area contributed by atoms with Crippen LogP contribution in [-0.4, -0.2) is 11.1 Å². The second-order valence-corrected chi connectivity index (χ2v) is 17.8. The van der Waals surface area contributed by atoms with Crippen molar-refractivity contribution in [3.05, 3.63) is 58.7 Å². The molecule has 0 aliphatic rings. The van der Waals surface area contributed by atoms with Crippen molar-refractivity contribution in [2.75, 3.05) is 6.16 Å². The molecule has 4 heteroatoms. The average molecular weight is 572 g/mol. The van der Waals surface area contributed by atoms with Gasteiger partial charge in [0.05, 0.1) is 0 Å². The topological polar surface area (TPSA) is 38.7 Å². The molecule has 1 atom stereocenters. The minimum Gasteiger partial charge on any atom is -0.277 e. The molecule has 2 aromatic carbocycles. The molecule has 1 N–H and O–H groups in total. The van der Waals surface area contributed by atoms with Gasteiger partial charge in [0.15, 0.2) is 17.7 Å². The Bertz CT molecular complexity index is 1030. The van der Waals surface area contributed by atoms with E-state index in [-0.39, 0.29) is 21.7 Å². The third-order valence-corrected chi connectivity index (χ3v) is 9.76. The molecule has 0 bridgehead atoms. The van der Waals surface area contributed by atoms with Crippen LogP contribution in [0.2, 0.25) is 0 Å². The maximum Gasteiger partial charge on any atom is 0.495 e. The van der Waals surface area contributed by atoms with Gasteiger partial charge >= 0.3 is 7.94 Å². The molecule has 0 saturated carbocycles. The highest BCUT2D eigenvalue weighted by Gasteiger charge is 2.48. The van der Waals surface area contributed by atoms with Gasteiger partial charge in [-0.05, 0) is 57.8 Å². The van der Waals surface area contributed by atoms with E-state index in [0.717, 1.165) is 48.3 Å². The zero-order valence-electron chi connectivity index (χ0n) is 28.3. The Morgan fingerprint density at radius 1 is 0.650 bits per heavy atom. The fraction of sp³-hybridized carbons (Fsp3) is 0.667. The van der Waals surface area contributed by atoms with Crippen LogP contribution < -0.4 is 9.05 Å². The summed E-state index contributed by atoms with van der Waals surface area (Å²) in [5.74, 6) is 1.78. The van der Waals surface area contributed by atoms with E-state index in [1.165, 1.54) is 11.1 Å². The Labute approximate surface area is 248 Å². The molecule has 0 heterocycles. The molecule has 1 unspecified atom stereocenters. The highest BCUT2D eigenvalue weighted by Crippen LogP contribution is 2.60. The van der Waals surface area contributed by atoms with E-state index in [1.807, 2.05) is 0 Å². The molecule has 2 rings (SSSR count). The lowest BCUT2D eigenvalue weighted by Crippen LogP contribution is -2.23. The average Bonchev–Trinajstić information content (AvgIpc) is 2.79. The largest absolute Gasteiger partial charge is 0.495 e. The Balaban J connectivity index is 2.68. The van der Waals surface area contributed by atoms with Gasteiger partial charge in [-0.25, -0.2) is 0 Å². The van der Waals surface area contributed by atoms with E-state index in [2.05, 4.69) is 133 Å². The second-order valence-electron chi connectivity index (χ2n) is 15.8. The molecular weight excluding hydrogens is 511 g/mol. The van der Waals surface area contributed by atoms with E-state index in [0.29, 0.717) is 12.1 Å². The van der Waals surface area contributed by atoms with Crippen LogP contribution in [0.25, 0.3) is 0 Å². The molecule has 3 nitrogen and oxygen atoms in total. The minimum absolute atomic E-state index is 0.0182. The van der Waals surface area contributed by atoms with Gasteiger partial charge in [0.1, 0.15) is 0 Å². The number of hydrogen-bond donors (Lipinski definition) is 1. The van der Waals surface area contributed by atoms with Crippen molar-refractivity contribution in [2.45, 2.75) is 144 Å². The van der Waals surface area contributed by atoms with Gasteiger partial charge in [-0.1, -0.05) is 134 Å². The second kappa shape index (κ2) is 12.7. The van der Waals surface area contributed by atoms with Gasteiger partial charge in [0, 0.05) is 17.0 Å². The lowest BCUT2D eigenvalue weighted by atomic mass is 9.80. The summed E-state index contributed by atoms with van der Waals surface area (Å²) in [5.41, 5.74) is 4.45. The van der Waals surface area contributed by atoms with Crippen LogP contribution in [0.15, 0.2) is 36.4 Å². The van der Waals surface area contributed by atoms with Crippen LogP contribution in [0.1, 0.15) is 145 Å². The number of rotatable bonds is 10. The summed E-state index contributed by atoms with van der Waals surface area (Å²) in [5, 5.41) is 0. The first kappa shape index (κ1) is 34.6. The molecule has 0 spiro atoms. The fourth-order valence-corrected chi connectivity index (χ4v) is 7.18. The van der Waals surface area contributed by atoms with Crippen molar-refractivity contribution in [1.82, 2.24) is 0 Å². The monoisotopic (exact) mass is 571 g/mol. The van der Waals surface area contributed by atoms with E-state index >= 15 is 0 Å². The highest BCUT2D eigenvalue weighted by atomic mass is 31.2. The lowest BCUT2D eigenvalue weighted by molar-refractivity contribution is 0.322. The SMILES string of the molecule is CCCCC(CC)C[P+](O)(Oc1ccc(C(C)(C)C)cc1C(C)(C)C)Oc1ccc(C(C)(C)C)cc1C(C)(C)C. The van der Waals surface area contributed by atoms with Crippen LogP contribution in [0.5, 0.6) is 11.5 Å². The maximum atomic E-state index is 12.4. The molecule has 2 aromatic rings. The van der Waals surface area contributed by atoms with Crippen LogP contribution in [-0.2, 0) is 21.7 Å². The zero-order chi connectivity index (χ0) is 30.7. The van der Waals surface area contributed by atoms with Gasteiger partial charge in [-0.15, -0.1) is 0 Å². The zero-order valence-corrected chi connectivity index (χ0v) is 29.2. The van der Waals surface area contributed by atoms with Crippen molar-refractivity contribution >= 4 is 7.94 Å². The molecular formula is C36H60O3P+. The van der Waals surface area contributed by atoms with Gasteiger partial charge in [0.2, 0.25) is 0 Å². The first-order chi connectivity index (χ1) is 18.1. The van der Waals surface area contributed by atoms with Crippen LogP contribution in [0, 0.1) is 5.92 Å². The first-order valence-corrected chi connectivity index (χ1v) is 17.2. The van der Waals surface area contributed by atoms with Crippen molar-refractivity contribution in [3.63, 3.8) is 0 Å². The van der Waals surface area contributed by atoms with Crippen LogP contribution in [0.3, 0.4) is 0 Å². The molecule has 0 aliphatic heterocycles. The molecule has 0 fully saturated rings. The van der Waals surface area contributed by atoms with Gasteiger partial charge in [-0.2, -0.15) is 4.89 Å². The van der Waals surface area contributed by atoms with Crippen molar-refractivity contribution in [1.29, 1.82) is 0 Å². The van der Waals surface area contributed by atoms with Crippen LogP contribution in [0.4, 0.5) is 0 Å². The maximum absolute atomic E-state index is 12.4. The van der Waals surface area contributed by atoms with Gasteiger partial charge < -0.3 is 0 Å². The molecule has 0 amide bonds. The number of benzene rings is 2. The summed E-state index contributed by atoms with van der Waals surface area (Å²) in [6.07, 6.45) is 4.84. The number of hydrogen-bond acceptors (Lipinski definition) is 3. The van der Waals surface area contributed by atoms with Crippen LogP contribution >= 0.6 is 7.94 Å². The highest BCUT2D eigenvalue weighted by molar-refractivity contribution is 7.61. The first-order valence-electron chi connectivity index (χ1n) is 15.4. The predicted octanol–water partition coefficient (Wildman–Crippen LogP) is 11.3. The third-order valence-electron chi connectivity index (χ3n) is 7.82. The van der Waals surface area contributed by atoms with E-state index in [1.54, 1.807) is 0 Å². The Morgan fingerprint density at radius 2 is 1.05 bits per heavy atom. The minimum atomic E-state index is -3.33. The summed E-state index contributed by atoms with van der Waals surface area (Å²) in [6.45, 7) is 31.1. The summed E-state index contributed by atoms with van der Waals surface area (Å²) in [4.78, 5) is 12.4. The molecule has 226 valence electrons. The van der Waals surface area contributed by atoms with E-state index in [9.17, 15) is 4.89 Å². The summed E-state index contributed by atoms with van der Waals surface area (Å²) < 4.78 is 13.5. The van der Waals surface area contributed by atoms with E-state index < -0.39 is 7.94 Å². The molecule has 0 saturated heterocycles. The lowest BCUT2D eigenvalue weighted by Gasteiger charge is -2.30. The van der Waals surface area contributed by atoms with Crippen molar-refractivity contribution < 1.29 is 13.9 Å². The quantitative estimate of drug-likeness (QED) is 0.288. The standard InChI is InChI=1S/C36H60O3P/c1-15-17-18-26(16-2)25-40(37,38-31-21-19-27(33(3,4)5)23-29(31)35(9,10)11)39-32-22-20-28(34(6,7)8)24-30(32)36(12,13)14/h19-24,26,37H,15-18,25H2,1-14H3/q+1. The van der Waals surface area contributed by atoms with Gasteiger partial charge in [0.25, 0.3) is 0 Å². The summed E-state index contributed by atoms with van der Waals surface area (Å²) in [7, 11) is -3.33. The summed E-state index contributed by atoms with van der Waals surface area (Å²) in [6, 6.07) is 12.9. The molecule has 0 aromatic heterocycles. The smallest absolute Gasteiger partial charge is 0.277 e. The predicted molar refractivity (Wildman–Crippen MR) is 176 cm³/mol. The van der Waals surface area contributed by atoms with Gasteiger partial charge in [-0.3, -0.25) is 9.05 Å². The fourth-order valence-electron chi connectivity index (χ4n) is 4.97. The van der Waals surface area contributed by atoms with E-state index in [4.69, 9.17) is 9.05 Å². The summed E-state index contributed by atoms with van der Waals surface area (Å²) >= 11 is 0.